The predicted octanol–water partition coefficient (Wildman–Crippen LogP) is 1.82. The molecule has 3 rings (SSSR count). The first-order valence-electron chi connectivity index (χ1n) is 7.07. The number of hydrogen-bond donors (Lipinski definition) is 3. The van der Waals surface area contributed by atoms with Crippen LogP contribution in [0.2, 0.25) is 5.02 Å². The lowest BCUT2D eigenvalue weighted by Gasteiger charge is -2.22. The zero-order chi connectivity index (χ0) is 14.7. The van der Waals surface area contributed by atoms with E-state index in [1.54, 1.807) is 0 Å². The van der Waals surface area contributed by atoms with Gasteiger partial charge in [0.25, 0.3) is 0 Å². The van der Waals surface area contributed by atoms with Crippen molar-refractivity contribution in [3.8, 4) is 0 Å². The fourth-order valence-corrected chi connectivity index (χ4v) is 2.66. The Bertz CT molecular complexity index is 635. The summed E-state index contributed by atoms with van der Waals surface area (Å²) in [5.74, 6) is 0.000360. The summed E-state index contributed by atoms with van der Waals surface area (Å²) in [6.45, 7) is 2.74. The Labute approximate surface area is 128 Å². The average molecular weight is 308 g/mol. The van der Waals surface area contributed by atoms with Gasteiger partial charge in [-0.25, -0.2) is 0 Å². The average Bonchev–Trinajstić information content (AvgIpc) is 2.88. The highest BCUT2D eigenvalue weighted by atomic mass is 35.5. The first-order chi connectivity index (χ1) is 10.2. The molecular weight excluding hydrogens is 290 g/mol. The molecule has 2 heterocycles. The van der Waals surface area contributed by atoms with Gasteiger partial charge in [0.15, 0.2) is 0 Å². The van der Waals surface area contributed by atoms with E-state index in [1.807, 2.05) is 24.3 Å². The SMILES string of the molecule is O=C(CC1CNCCO1)NCc1cc2cc(Cl)ccc2[nH]1. The van der Waals surface area contributed by atoms with E-state index in [2.05, 4.69) is 15.6 Å². The van der Waals surface area contributed by atoms with Gasteiger partial charge in [0.05, 0.1) is 25.7 Å². The van der Waals surface area contributed by atoms with Crippen molar-refractivity contribution in [2.45, 2.75) is 19.1 Å². The molecule has 0 aliphatic carbocycles. The zero-order valence-corrected chi connectivity index (χ0v) is 12.4. The summed E-state index contributed by atoms with van der Waals surface area (Å²) in [6, 6.07) is 7.68. The number of benzene rings is 1. The normalized spacial score (nSPS) is 18.8. The van der Waals surface area contributed by atoms with Crippen molar-refractivity contribution in [1.82, 2.24) is 15.6 Å². The van der Waals surface area contributed by atoms with Gasteiger partial charge in [-0.05, 0) is 24.3 Å². The van der Waals surface area contributed by atoms with Crippen LogP contribution in [0.4, 0.5) is 0 Å². The lowest BCUT2D eigenvalue weighted by Crippen LogP contribution is -2.41. The number of hydrogen-bond acceptors (Lipinski definition) is 3. The topological polar surface area (TPSA) is 66.2 Å². The standard InChI is InChI=1S/C15H18ClN3O2/c16-11-1-2-14-10(5-11)6-12(19-14)8-18-15(20)7-13-9-17-3-4-21-13/h1-2,5-6,13,17,19H,3-4,7-9H2,(H,18,20). The van der Waals surface area contributed by atoms with Crippen molar-refractivity contribution in [3.63, 3.8) is 0 Å². The number of aromatic nitrogens is 1. The molecule has 3 N–H and O–H groups in total. The number of carbonyl (C=O) groups excluding carboxylic acids is 1. The van der Waals surface area contributed by atoms with Crippen LogP contribution in [0, 0.1) is 0 Å². The number of nitrogens with one attached hydrogen (secondary N) is 3. The first kappa shape index (κ1) is 14.4. The monoisotopic (exact) mass is 307 g/mol. The van der Waals surface area contributed by atoms with Gasteiger partial charge in [-0.3, -0.25) is 4.79 Å². The van der Waals surface area contributed by atoms with Gasteiger partial charge in [-0.2, -0.15) is 0 Å². The molecule has 2 aromatic rings. The van der Waals surface area contributed by atoms with Gasteiger partial charge in [-0.1, -0.05) is 11.6 Å². The Balaban J connectivity index is 1.54. The van der Waals surface area contributed by atoms with Gasteiger partial charge in [0.1, 0.15) is 0 Å². The molecule has 0 saturated carbocycles. The Kier molecular flexibility index (Phi) is 4.43. The molecule has 1 atom stereocenters. The van der Waals surface area contributed by atoms with E-state index in [0.717, 1.165) is 29.7 Å². The Morgan fingerprint density at radius 3 is 3.14 bits per heavy atom. The maximum absolute atomic E-state index is 11.9. The molecule has 21 heavy (non-hydrogen) atoms. The van der Waals surface area contributed by atoms with Gasteiger partial charge in [0.2, 0.25) is 5.91 Å². The summed E-state index contributed by atoms with van der Waals surface area (Å²) >= 11 is 5.96. The maximum Gasteiger partial charge on any atom is 0.222 e. The minimum absolute atomic E-state index is 0.000360. The van der Waals surface area contributed by atoms with Crippen LogP contribution < -0.4 is 10.6 Å². The lowest BCUT2D eigenvalue weighted by molar-refractivity contribution is -0.124. The van der Waals surface area contributed by atoms with E-state index in [-0.39, 0.29) is 12.0 Å². The van der Waals surface area contributed by atoms with Gasteiger partial charge >= 0.3 is 0 Å². The lowest BCUT2D eigenvalue weighted by atomic mass is 10.2. The van der Waals surface area contributed by atoms with Crippen LogP contribution in [-0.2, 0) is 16.1 Å². The van der Waals surface area contributed by atoms with Crippen LogP contribution in [0.1, 0.15) is 12.1 Å². The summed E-state index contributed by atoms with van der Waals surface area (Å²) in [5, 5.41) is 7.88. The number of fused-ring (bicyclic) bond motifs is 1. The van der Waals surface area contributed by atoms with Crippen molar-refractivity contribution in [1.29, 1.82) is 0 Å². The highest BCUT2D eigenvalue weighted by molar-refractivity contribution is 6.31. The van der Waals surface area contributed by atoms with Crippen molar-refractivity contribution in [2.24, 2.45) is 0 Å². The fraction of sp³-hybridized carbons (Fsp3) is 0.400. The molecule has 112 valence electrons. The third-order valence-electron chi connectivity index (χ3n) is 3.53. The summed E-state index contributed by atoms with van der Waals surface area (Å²) in [4.78, 5) is 15.2. The van der Waals surface area contributed by atoms with Crippen LogP contribution >= 0.6 is 11.6 Å². The second-order valence-corrected chi connectivity index (χ2v) is 5.64. The zero-order valence-electron chi connectivity index (χ0n) is 11.6. The molecule has 0 radical (unpaired) electrons. The number of ether oxygens (including phenoxy) is 1. The highest BCUT2D eigenvalue weighted by Gasteiger charge is 2.17. The summed E-state index contributed by atoms with van der Waals surface area (Å²) in [7, 11) is 0. The second kappa shape index (κ2) is 6.47. The number of rotatable bonds is 4. The number of halogens is 1. The highest BCUT2D eigenvalue weighted by Crippen LogP contribution is 2.20. The van der Waals surface area contributed by atoms with Gasteiger partial charge in [-0.15, -0.1) is 0 Å². The van der Waals surface area contributed by atoms with Crippen molar-refractivity contribution >= 4 is 28.4 Å². The van der Waals surface area contributed by atoms with Crippen molar-refractivity contribution in [3.05, 3.63) is 35.0 Å². The molecule has 6 heteroatoms. The number of H-pyrrole nitrogens is 1. The van der Waals surface area contributed by atoms with Gasteiger partial charge in [0, 0.05) is 34.7 Å². The molecule has 1 fully saturated rings. The number of aromatic amines is 1. The Morgan fingerprint density at radius 1 is 1.43 bits per heavy atom. The van der Waals surface area contributed by atoms with Crippen LogP contribution in [0.5, 0.6) is 0 Å². The molecule has 1 aliphatic rings. The minimum Gasteiger partial charge on any atom is -0.375 e. The van der Waals surface area contributed by atoms with Crippen LogP contribution in [0.3, 0.4) is 0 Å². The van der Waals surface area contributed by atoms with Crippen molar-refractivity contribution < 1.29 is 9.53 Å². The van der Waals surface area contributed by atoms with Crippen LogP contribution in [0.15, 0.2) is 24.3 Å². The number of carbonyl (C=O) groups is 1. The predicted molar refractivity (Wildman–Crippen MR) is 82.4 cm³/mol. The van der Waals surface area contributed by atoms with E-state index >= 15 is 0 Å². The van der Waals surface area contributed by atoms with E-state index in [0.29, 0.717) is 24.6 Å². The third kappa shape index (κ3) is 3.75. The quantitative estimate of drug-likeness (QED) is 0.807. The molecule has 0 bridgehead atoms. The first-order valence-corrected chi connectivity index (χ1v) is 7.45. The molecule has 1 unspecified atom stereocenters. The van der Waals surface area contributed by atoms with Crippen molar-refractivity contribution in [2.75, 3.05) is 19.7 Å². The second-order valence-electron chi connectivity index (χ2n) is 5.20. The number of morpholine rings is 1. The largest absolute Gasteiger partial charge is 0.375 e. The maximum atomic E-state index is 11.9. The van der Waals surface area contributed by atoms with E-state index < -0.39 is 0 Å². The molecule has 1 aromatic heterocycles. The van der Waals surface area contributed by atoms with E-state index in [4.69, 9.17) is 16.3 Å². The summed E-state index contributed by atoms with van der Waals surface area (Å²) in [5.41, 5.74) is 1.98. The third-order valence-corrected chi connectivity index (χ3v) is 3.77. The molecule has 1 aromatic carbocycles. The Hall–Kier alpha value is -1.56. The summed E-state index contributed by atoms with van der Waals surface area (Å²) < 4.78 is 5.52. The molecule has 0 spiro atoms. The number of amides is 1. The molecule has 1 amide bonds. The molecule has 1 saturated heterocycles. The molecular formula is C15H18ClN3O2. The Morgan fingerprint density at radius 2 is 2.33 bits per heavy atom. The van der Waals surface area contributed by atoms with Gasteiger partial charge < -0.3 is 20.4 Å². The summed E-state index contributed by atoms with van der Waals surface area (Å²) in [6.07, 6.45) is 0.360. The smallest absolute Gasteiger partial charge is 0.222 e. The minimum atomic E-state index is -0.0275. The fourth-order valence-electron chi connectivity index (χ4n) is 2.48. The van der Waals surface area contributed by atoms with Crippen LogP contribution in [-0.4, -0.2) is 36.7 Å². The molecule has 5 nitrogen and oxygen atoms in total. The van der Waals surface area contributed by atoms with E-state index in [1.165, 1.54) is 0 Å². The van der Waals surface area contributed by atoms with E-state index in [9.17, 15) is 4.79 Å². The van der Waals surface area contributed by atoms with Crippen LogP contribution in [0.25, 0.3) is 10.9 Å². The molecule has 1 aliphatic heterocycles.